The molecule has 0 bridgehead atoms. The molecule has 1 N–H and O–H groups in total. The van der Waals surface area contributed by atoms with E-state index in [-0.39, 0.29) is 23.5 Å². The quantitative estimate of drug-likeness (QED) is 0.529. The molecule has 5 heterocycles. The predicted octanol–water partition coefficient (Wildman–Crippen LogP) is 3.01. The summed E-state index contributed by atoms with van der Waals surface area (Å²) in [5, 5.41) is 11.5. The molecule has 1 amide bonds. The largest absolute Gasteiger partial charge is 0.303 e. The van der Waals surface area contributed by atoms with Crippen LogP contribution in [0.4, 0.5) is 10.3 Å². The maximum atomic E-state index is 14.8. The van der Waals surface area contributed by atoms with Gasteiger partial charge >= 0.3 is 0 Å². The number of amides is 1. The number of carbonyl (C=O) groups is 1. The van der Waals surface area contributed by atoms with Crippen molar-refractivity contribution >= 4 is 23.1 Å². The molecule has 10 heteroatoms. The highest BCUT2D eigenvalue weighted by Crippen LogP contribution is 2.23. The van der Waals surface area contributed by atoms with Gasteiger partial charge in [-0.15, -0.1) is 5.10 Å². The molecule has 1 aliphatic heterocycles. The number of aromatic nitrogens is 6. The normalized spacial score (nSPS) is 17.3. The highest BCUT2D eigenvalue weighted by atomic mass is 19.1. The number of nitrogens with one attached hydrogen (secondary N) is 1. The van der Waals surface area contributed by atoms with Gasteiger partial charge in [-0.3, -0.25) is 10.1 Å². The molecule has 0 aromatic carbocycles. The molecule has 1 aliphatic rings. The Morgan fingerprint density at radius 2 is 1.94 bits per heavy atom. The lowest BCUT2D eigenvalue weighted by atomic mass is 10.00. The molecule has 0 saturated carbocycles. The average Bonchev–Trinajstić information content (AvgIpc) is 3.32. The first-order valence-electron chi connectivity index (χ1n) is 10.8. The Hall–Kier alpha value is -3.40. The Morgan fingerprint density at radius 1 is 1.12 bits per heavy atom. The first-order valence-corrected chi connectivity index (χ1v) is 10.8. The molecule has 0 aliphatic carbocycles. The number of hydrogen-bond donors (Lipinski definition) is 1. The fourth-order valence-corrected chi connectivity index (χ4v) is 4.32. The standard InChI is InChI=1S/C22H25FN8O/c1-13-8-18(27-30-11-14(2)24-20(13)30)15-9-17(23)21-26-22(28-31(21)12-15)25-19(32)10-16-6-4-5-7-29(16)3/h8-9,11-12,16H,4-7,10H2,1-3H3,(H,25,28,32). The summed E-state index contributed by atoms with van der Waals surface area (Å²) in [6.07, 6.45) is 7.13. The first kappa shape index (κ1) is 20.5. The Kier molecular flexibility index (Phi) is 5.09. The number of fused-ring (bicyclic) bond motifs is 2. The number of halogens is 1. The summed E-state index contributed by atoms with van der Waals surface area (Å²) in [6, 6.07) is 3.45. The van der Waals surface area contributed by atoms with E-state index in [1.807, 2.05) is 33.2 Å². The van der Waals surface area contributed by atoms with E-state index >= 15 is 0 Å². The number of piperidine rings is 1. The molecule has 4 aromatic heterocycles. The maximum Gasteiger partial charge on any atom is 0.249 e. The van der Waals surface area contributed by atoms with Crippen LogP contribution >= 0.6 is 0 Å². The number of anilines is 1. The van der Waals surface area contributed by atoms with E-state index < -0.39 is 5.82 Å². The highest BCUT2D eigenvalue weighted by molar-refractivity contribution is 5.89. The minimum atomic E-state index is -0.538. The van der Waals surface area contributed by atoms with Crippen molar-refractivity contribution in [2.45, 2.75) is 45.6 Å². The van der Waals surface area contributed by atoms with Gasteiger partial charge in [-0.2, -0.15) is 10.1 Å². The van der Waals surface area contributed by atoms with Crippen LogP contribution < -0.4 is 5.32 Å². The van der Waals surface area contributed by atoms with Gasteiger partial charge in [0.2, 0.25) is 11.9 Å². The minimum Gasteiger partial charge on any atom is -0.303 e. The van der Waals surface area contributed by atoms with Crippen molar-refractivity contribution in [3.8, 4) is 11.3 Å². The van der Waals surface area contributed by atoms with Gasteiger partial charge in [0.1, 0.15) is 0 Å². The van der Waals surface area contributed by atoms with Gasteiger partial charge in [0.15, 0.2) is 17.1 Å². The number of nitrogens with zero attached hydrogens (tertiary/aromatic N) is 7. The Labute approximate surface area is 184 Å². The summed E-state index contributed by atoms with van der Waals surface area (Å²) >= 11 is 0. The van der Waals surface area contributed by atoms with Gasteiger partial charge < -0.3 is 4.90 Å². The smallest absolute Gasteiger partial charge is 0.249 e. The number of pyridine rings is 1. The fourth-order valence-electron chi connectivity index (χ4n) is 4.32. The molecule has 1 atom stereocenters. The van der Waals surface area contributed by atoms with Crippen molar-refractivity contribution in [2.24, 2.45) is 0 Å². The zero-order chi connectivity index (χ0) is 22.4. The third kappa shape index (κ3) is 3.81. The van der Waals surface area contributed by atoms with Crippen molar-refractivity contribution in [2.75, 3.05) is 18.9 Å². The molecule has 1 unspecified atom stereocenters. The van der Waals surface area contributed by atoms with Crippen LogP contribution in [0.5, 0.6) is 0 Å². The summed E-state index contributed by atoms with van der Waals surface area (Å²) in [4.78, 5) is 23.3. The van der Waals surface area contributed by atoms with E-state index in [0.717, 1.165) is 42.7 Å². The molecule has 1 fully saturated rings. The molecular formula is C22H25FN8O. The second-order valence-electron chi connectivity index (χ2n) is 8.53. The molecule has 166 valence electrons. The van der Waals surface area contributed by atoms with E-state index in [4.69, 9.17) is 0 Å². The number of imidazole rings is 1. The lowest BCUT2D eigenvalue weighted by Crippen LogP contribution is -2.38. The van der Waals surface area contributed by atoms with Crippen LogP contribution in [0.3, 0.4) is 0 Å². The van der Waals surface area contributed by atoms with Crippen molar-refractivity contribution in [3.05, 3.63) is 41.6 Å². The summed E-state index contributed by atoms with van der Waals surface area (Å²) < 4.78 is 17.9. The predicted molar refractivity (Wildman–Crippen MR) is 118 cm³/mol. The van der Waals surface area contributed by atoms with E-state index in [1.54, 1.807) is 10.7 Å². The monoisotopic (exact) mass is 436 g/mol. The second kappa shape index (κ2) is 7.94. The molecule has 0 radical (unpaired) electrons. The number of rotatable bonds is 4. The minimum absolute atomic E-state index is 0.0510. The number of carbonyl (C=O) groups excluding carboxylic acids is 1. The van der Waals surface area contributed by atoms with Crippen LogP contribution in [-0.4, -0.2) is 59.6 Å². The van der Waals surface area contributed by atoms with Crippen molar-refractivity contribution in [1.82, 2.24) is 34.1 Å². The zero-order valence-corrected chi connectivity index (χ0v) is 18.3. The Balaban J connectivity index is 1.41. The van der Waals surface area contributed by atoms with Crippen LogP contribution in [0, 0.1) is 19.7 Å². The molecular weight excluding hydrogens is 411 g/mol. The van der Waals surface area contributed by atoms with E-state index in [1.165, 1.54) is 10.6 Å². The first-order chi connectivity index (χ1) is 15.4. The van der Waals surface area contributed by atoms with Crippen LogP contribution in [0.1, 0.15) is 36.9 Å². The Morgan fingerprint density at radius 3 is 2.75 bits per heavy atom. The molecule has 1 saturated heterocycles. The lowest BCUT2D eigenvalue weighted by molar-refractivity contribution is -0.117. The third-order valence-electron chi connectivity index (χ3n) is 6.01. The lowest BCUT2D eigenvalue weighted by Gasteiger charge is -2.31. The zero-order valence-electron chi connectivity index (χ0n) is 18.3. The average molecular weight is 436 g/mol. The van der Waals surface area contributed by atoms with Gasteiger partial charge in [-0.05, 0) is 58.0 Å². The third-order valence-corrected chi connectivity index (χ3v) is 6.01. The topological polar surface area (TPSA) is 92.7 Å². The van der Waals surface area contributed by atoms with Gasteiger partial charge in [0, 0.05) is 24.2 Å². The summed E-state index contributed by atoms with van der Waals surface area (Å²) in [7, 11) is 2.04. The van der Waals surface area contributed by atoms with Crippen LogP contribution in [0.15, 0.2) is 24.5 Å². The number of hydrogen-bond acceptors (Lipinski definition) is 6. The van der Waals surface area contributed by atoms with Gasteiger partial charge in [-0.1, -0.05) is 6.42 Å². The highest BCUT2D eigenvalue weighted by Gasteiger charge is 2.22. The number of aryl methyl sites for hydroxylation is 2. The van der Waals surface area contributed by atoms with Gasteiger partial charge in [-0.25, -0.2) is 18.4 Å². The van der Waals surface area contributed by atoms with Gasteiger partial charge in [0.05, 0.1) is 17.6 Å². The second-order valence-corrected chi connectivity index (χ2v) is 8.53. The SMILES string of the molecule is Cc1cn2nc(-c3cc(F)c4nc(NC(=O)CC5CCCCN5C)nn4c3)cc(C)c2n1. The van der Waals surface area contributed by atoms with Crippen LogP contribution in [0.25, 0.3) is 22.6 Å². The molecule has 0 spiro atoms. The fraction of sp³-hybridized carbons (Fsp3) is 0.409. The van der Waals surface area contributed by atoms with E-state index in [0.29, 0.717) is 17.7 Å². The van der Waals surface area contributed by atoms with Crippen molar-refractivity contribution < 1.29 is 9.18 Å². The summed E-state index contributed by atoms with van der Waals surface area (Å²) in [6.45, 7) is 4.84. The molecule has 5 rings (SSSR count). The Bertz CT molecular complexity index is 1330. The van der Waals surface area contributed by atoms with Crippen LogP contribution in [-0.2, 0) is 4.79 Å². The number of likely N-dealkylation sites (tertiary alicyclic amines) is 1. The van der Waals surface area contributed by atoms with E-state index in [9.17, 15) is 9.18 Å². The van der Waals surface area contributed by atoms with Gasteiger partial charge in [0.25, 0.3) is 0 Å². The molecule has 32 heavy (non-hydrogen) atoms. The molecule has 4 aromatic rings. The summed E-state index contributed by atoms with van der Waals surface area (Å²) in [5.41, 5.74) is 3.75. The summed E-state index contributed by atoms with van der Waals surface area (Å²) in [5.74, 6) is -0.614. The van der Waals surface area contributed by atoms with E-state index in [2.05, 4.69) is 30.4 Å². The van der Waals surface area contributed by atoms with Crippen molar-refractivity contribution in [3.63, 3.8) is 0 Å². The molecule has 9 nitrogen and oxygen atoms in total. The maximum absolute atomic E-state index is 14.8. The van der Waals surface area contributed by atoms with Crippen LogP contribution in [0.2, 0.25) is 0 Å². The van der Waals surface area contributed by atoms with Crippen molar-refractivity contribution in [1.29, 1.82) is 0 Å².